The maximum Gasteiger partial charge on any atom is 0.239 e. The van der Waals surface area contributed by atoms with Gasteiger partial charge >= 0.3 is 0 Å². The lowest BCUT2D eigenvalue weighted by Crippen LogP contribution is -2.43. The van der Waals surface area contributed by atoms with Gasteiger partial charge in [-0.25, -0.2) is 4.98 Å². The lowest BCUT2D eigenvalue weighted by Gasteiger charge is -2.32. The van der Waals surface area contributed by atoms with Crippen molar-refractivity contribution in [1.82, 2.24) is 20.1 Å². The Labute approximate surface area is 137 Å². The number of rotatable bonds is 4. The first-order valence-electron chi connectivity index (χ1n) is 7.15. The lowest BCUT2D eigenvalue weighted by atomic mass is 10.2. The van der Waals surface area contributed by atoms with E-state index in [9.17, 15) is 4.79 Å². The van der Waals surface area contributed by atoms with Crippen LogP contribution in [0.2, 0.25) is 5.02 Å². The zero-order valence-electron chi connectivity index (χ0n) is 12.5. The Bertz CT molecular complexity index is 675. The minimum atomic E-state index is -0.228. The molecule has 2 aromatic rings. The van der Waals surface area contributed by atoms with Crippen LogP contribution in [0.4, 0.5) is 5.82 Å². The van der Waals surface area contributed by atoms with Gasteiger partial charge in [-0.05, 0) is 12.1 Å². The Morgan fingerprint density at radius 2 is 2.35 bits per heavy atom. The van der Waals surface area contributed by atoms with Gasteiger partial charge in [0.05, 0.1) is 24.8 Å². The Morgan fingerprint density at radius 3 is 3.04 bits per heavy atom. The van der Waals surface area contributed by atoms with Crippen molar-refractivity contribution in [3.05, 3.63) is 35.1 Å². The number of amides is 1. The number of carbonyl (C=O) groups excluding carboxylic acids is 1. The summed E-state index contributed by atoms with van der Waals surface area (Å²) in [5, 5.41) is 11.1. The van der Waals surface area contributed by atoms with E-state index in [-0.39, 0.29) is 18.5 Å². The number of hydrogen-bond acceptors (Lipinski definition) is 7. The topological polar surface area (TPSA) is 93.4 Å². The number of carbonyl (C=O) groups is 1. The molecule has 3 rings (SSSR count). The number of nitrogens with one attached hydrogen (secondary N) is 1. The number of aromatic nitrogens is 3. The highest BCUT2D eigenvalue weighted by Crippen LogP contribution is 2.22. The van der Waals surface area contributed by atoms with E-state index in [4.69, 9.17) is 20.8 Å². The van der Waals surface area contributed by atoms with Crippen LogP contribution >= 0.6 is 11.6 Å². The molecule has 1 atom stereocenters. The minimum absolute atomic E-state index is 0.178. The third-order valence-electron chi connectivity index (χ3n) is 3.41. The van der Waals surface area contributed by atoms with E-state index in [0.717, 1.165) is 0 Å². The number of anilines is 1. The second kappa shape index (κ2) is 7.03. The van der Waals surface area contributed by atoms with Crippen LogP contribution in [0.1, 0.15) is 17.8 Å². The molecule has 1 amide bonds. The van der Waals surface area contributed by atoms with Crippen molar-refractivity contribution in [1.29, 1.82) is 0 Å². The van der Waals surface area contributed by atoms with Crippen molar-refractivity contribution in [3.8, 4) is 0 Å². The Kier molecular flexibility index (Phi) is 4.85. The number of hydrogen-bond donors (Lipinski definition) is 1. The van der Waals surface area contributed by atoms with E-state index in [1.165, 1.54) is 6.20 Å². The van der Waals surface area contributed by atoms with Gasteiger partial charge in [0.2, 0.25) is 17.7 Å². The van der Waals surface area contributed by atoms with E-state index in [1.54, 1.807) is 19.1 Å². The monoisotopic (exact) mass is 337 g/mol. The minimum Gasteiger partial charge on any atom is -0.424 e. The highest BCUT2D eigenvalue weighted by atomic mass is 35.5. The maximum atomic E-state index is 12.2. The lowest BCUT2D eigenvalue weighted by molar-refractivity contribution is -0.120. The third-order valence-corrected chi connectivity index (χ3v) is 3.63. The normalized spacial score (nSPS) is 18.8. The first-order chi connectivity index (χ1) is 11.1. The molecule has 0 aliphatic carbocycles. The molecule has 1 aliphatic heterocycles. The number of aryl methyl sites for hydroxylation is 1. The summed E-state index contributed by atoms with van der Waals surface area (Å²) < 4.78 is 10.9. The quantitative estimate of drug-likeness (QED) is 0.902. The van der Waals surface area contributed by atoms with E-state index in [0.29, 0.717) is 42.4 Å². The molecule has 0 bridgehead atoms. The Balaban J connectivity index is 1.64. The van der Waals surface area contributed by atoms with Crippen LogP contribution in [0.15, 0.2) is 22.7 Å². The van der Waals surface area contributed by atoms with Crippen molar-refractivity contribution in [3.63, 3.8) is 0 Å². The van der Waals surface area contributed by atoms with Crippen LogP contribution in [-0.4, -0.2) is 52.3 Å². The molecule has 0 radical (unpaired) electrons. The van der Waals surface area contributed by atoms with Crippen LogP contribution < -0.4 is 5.32 Å². The number of halogens is 1. The predicted molar refractivity (Wildman–Crippen MR) is 82.0 cm³/mol. The molecule has 3 heterocycles. The second-order valence-electron chi connectivity index (χ2n) is 5.13. The van der Waals surface area contributed by atoms with E-state index in [2.05, 4.69) is 20.5 Å². The molecule has 122 valence electrons. The fourth-order valence-corrected chi connectivity index (χ4v) is 2.43. The van der Waals surface area contributed by atoms with Gasteiger partial charge < -0.3 is 14.5 Å². The molecule has 8 nitrogen and oxygen atoms in total. The van der Waals surface area contributed by atoms with Crippen LogP contribution in [0.3, 0.4) is 0 Å². The molecule has 1 N–H and O–H groups in total. The largest absolute Gasteiger partial charge is 0.424 e. The Hall–Kier alpha value is -2.03. The van der Waals surface area contributed by atoms with E-state index < -0.39 is 0 Å². The number of pyridine rings is 1. The Morgan fingerprint density at radius 1 is 1.48 bits per heavy atom. The SMILES string of the molecule is Cc1nnc(C2COCCN2CC(=O)Nc2ccc(Cl)cn2)o1. The molecule has 1 saturated heterocycles. The molecule has 0 spiro atoms. The third kappa shape index (κ3) is 4.04. The zero-order chi connectivity index (χ0) is 16.2. The maximum absolute atomic E-state index is 12.2. The highest BCUT2D eigenvalue weighted by molar-refractivity contribution is 6.30. The van der Waals surface area contributed by atoms with E-state index in [1.807, 2.05) is 4.90 Å². The molecule has 2 aromatic heterocycles. The van der Waals surface area contributed by atoms with Crippen LogP contribution in [0.5, 0.6) is 0 Å². The number of nitrogens with zero attached hydrogens (tertiary/aromatic N) is 4. The number of morpholine rings is 1. The molecule has 1 aliphatic rings. The van der Waals surface area contributed by atoms with Gasteiger partial charge in [-0.15, -0.1) is 10.2 Å². The van der Waals surface area contributed by atoms with Crippen LogP contribution in [0.25, 0.3) is 0 Å². The van der Waals surface area contributed by atoms with Crippen molar-refractivity contribution >= 4 is 23.3 Å². The molecule has 0 saturated carbocycles. The first kappa shape index (κ1) is 15.9. The van der Waals surface area contributed by atoms with Gasteiger partial charge in [-0.1, -0.05) is 11.6 Å². The second-order valence-corrected chi connectivity index (χ2v) is 5.57. The first-order valence-corrected chi connectivity index (χ1v) is 7.53. The fraction of sp³-hybridized carbons (Fsp3) is 0.429. The standard InChI is InChI=1S/C14H16ClN5O3/c1-9-18-19-14(23-9)11-8-22-5-4-20(11)7-13(21)17-12-3-2-10(15)6-16-12/h2-3,6,11H,4-5,7-8H2,1H3,(H,16,17,21). The van der Waals surface area contributed by atoms with Gasteiger partial charge in [0.1, 0.15) is 11.9 Å². The van der Waals surface area contributed by atoms with Gasteiger partial charge in [0, 0.05) is 19.7 Å². The molecule has 1 fully saturated rings. The van der Waals surface area contributed by atoms with Crippen molar-refractivity contribution in [2.45, 2.75) is 13.0 Å². The van der Waals surface area contributed by atoms with Gasteiger partial charge in [-0.3, -0.25) is 9.69 Å². The zero-order valence-corrected chi connectivity index (χ0v) is 13.3. The van der Waals surface area contributed by atoms with Gasteiger partial charge in [0.25, 0.3) is 0 Å². The highest BCUT2D eigenvalue weighted by Gasteiger charge is 2.30. The summed E-state index contributed by atoms with van der Waals surface area (Å²) in [4.78, 5) is 18.2. The molecule has 9 heteroatoms. The summed E-state index contributed by atoms with van der Waals surface area (Å²) in [5.41, 5.74) is 0. The van der Waals surface area contributed by atoms with Crippen molar-refractivity contribution < 1.29 is 13.9 Å². The molecular formula is C14H16ClN5O3. The average Bonchev–Trinajstić information content (AvgIpc) is 2.96. The summed E-state index contributed by atoms with van der Waals surface area (Å²) in [6.45, 7) is 3.47. The van der Waals surface area contributed by atoms with Crippen molar-refractivity contribution in [2.75, 3.05) is 31.6 Å². The van der Waals surface area contributed by atoms with Crippen LogP contribution in [0, 0.1) is 6.92 Å². The number of ether oxygens (including phenoxy) is 1. The van der Waals surface area contributed by atoms with Gasteiger partial charge in [-0.2, -0.15) is 0 Å². The predicted octanol–water partition coefficient (Wildman–Crippen LogP) is 1.44. The summed E-state index contributed by atoms with van der Waals surface area (Å²) in [6.07, 6.45) is 1.48. The van der Waals surface area contributed by atoms with E-state index >= 15 is 0 Å². The molecule has 0 aromatic carbocycles. The molecule has 23 heavy (non-hydrogen) atoms. The van der Waals surface area contributed by atoms with Gasteiger partial charge in [0.15, 0.2) is 0 Å². The summed E-state index contributed by atoms with van der Waals surface area (Å²) in [5.74, 6) is 1.22. The van der Waals surface area contributed by atoms with Crippen molar-refractivity contribution in [2.24, 2.45) is 0 Å². The summed E-state index contributed by atoms with van der Waals surface area (Å²) in [6, 6.07) is 3.09. The molecular weight excluding hydrogens is 322 g/mol. The average molecular weight is 338 g/mol. The van der Waals surface area contributed by atoms with Crippen LogP contribution in [-0.2, 0) is 9.53 Å². The molecule has 1 unspecified atom stereocenters. The summed E-state index contributed by atoms with van der Waals surface area (Å²) >= 11 is 5.77. The smallest absolute Gasteiger partial charge is 0.239 e. The summed E-state index contributed by atoms with van der Waals surface area (Å²) in [7, 11) is 0. The fourth-order valence-electron chi connectivity index (χ4n) is 2.32.